The number of aryl methyl sites for hydroxylation is 1. The van der Waals surface area contributed by atoms with Crippen molar-refractivity contribution in [2.24, 2.45) is 5.92 Å². The van der Waals surface area contributed by atoms with Gasteiger partial charge in [-0.25, -0.2) is 0 Å². The molecule has 94 valence electrons. The van der Waals surface area contributed by atoms with Crippen molar-refractivity contribution in [3.8, 4) is 0 Å². The van der Waals surface area contributed by atoms with E-state index in [0.717, 1.165) is 19.0 Å². The molecule has 0 aromatic heterocycles. The van der Waals surface area contributed by atoms with Crippen LogP contribution in [0.1, 0.15) is 25.8 Å². The lowest BCUT2D eigenvalue weighted by Crippen LogP contribution is -2.38. The maximum atomic E-state index is 3.30. The highest BCUT2D eigenvalue weighted by molar-refractivity contribution is 5.52. The molecule has 2 nitrogen and oxygen atoms in total. The van der Waals surface area contributed by atoms with Gasteiger partial charge in [0.05, 0.1) is 0 Å². The van der Waals surface area contributed by atoms with Crippen molar-refractivity contribution in [1.82, 2.24) is 5.32 Å². The van der Waals surface area contributed by atoms with Gasteiger partial charge in [-0.1, -0.05) is 12.1 Å². The van der Waals surface area contributed by atoms with E-state index in [0.29, 0.717) is 0 Å². The molecule has 1 saturated heterocycles. The maximum absolute atomic E-state index is 3.30. The van der Waals surface area contributed by atoms with E-state index in [1.165, 1.54) is 17.7 Å². The van der Waals surface area contributed by atoms with E-state index in [9.17, 15) is 0 Å². The summed E-state index contributed by atoms with van der Waals surface area (Å²) < 4.78 is 0. The van der Waals surface area contributed by atoms with Gasteiger partial charge >= 0.3 is 0 Å². The van der Waals surface area contributed by atoms with Gasteiger partial charge in [0.1, 0.15) is 0 Å². The summed E-state index contributed by atoms with van der Waals surface area (Å²) in [5.41, 5.74) is 2.99. The number of nitrogens with zero attached hydrogens (tertiary/aromatic N) is 1. The van der Waals surface area contributed by atoms with Crippen LogP contribution >= 0.6 is 0 Å². The normalized spacial score (nSPS) is 23.1. The van der Waals surface area contributed by atoms with Gasteiger partial charge in [0.25, 0.3) is 0 Å². The van der Waals surface area contributed by atoms with Crippen LogP contribution in [-0.4, -0.2) is 25.7 Å². The molecule has 1 unspecified atom stereocenters. The molecule has 0 radical (unpaired) electrons. The number of nitrogens with one attached hydrogen (secondary N) is 1. The second-order valence-corrected chi connectivity index (χ2v) is 5.89. The van der Waals surface area contributed by atoms with Gasteiger partial charge in [0.15, 0.2) is 0 Å². The summed E-state index contributed by atoms with van der Waals surface area (Å²) in [6.45, 7) is 9.15. The van der Waals surface area contributed by atoms with Crippen molar-refractivity contribution in [3.63, 3.8) is 0 Å². The summed E-state index contributed by atoms with van der Waals surface area (Å²) in [7, 11) is 2.04. The molecule has 1 aromatic rings. The van der Waals surface area contributed by atoms with E-state index >= 15 is 0 Å². The maximum Gasteiger partial charge on any atom is 0.0373 e. The fourth-order valence-corrected chi connectivity index (χ4v) is 3.06. The summed E-state index contributed by atoms with van der Waals surface area (Å²) >= 11 is 0. The van der Waals surface area contributed by atoms with E-state index in [4.69, 9.17) is 0 Å². The minimum atomic E-state index is 0.273. The van der Waals surface area contributed by atoms with Gasteiger partial charge in [-0.15, -0.1) is 0 Å². The molecule has 0 spiro atoms. The van der Waals surface area contributed by atoms with E-state index in [-0.39, 0.29) is 5.54 Å². The number of rotatable bonds is 3. The van der Waals surface area contributed by atoms with Crippen LogP contribution in [0.3, 0.4) is 0 Å². The molecule has 1 aliphatic rings. The Balaban J connectivity index is 2.20. The third-order valence-corrected chi connectivity index (χ3v) is 3.77. The Hall–Kier alpha value is -1.02. The van der Waals surface area contributed by atoms with E-state index in [2.05, 4.69) is 55.3 Å². The van der Waals surface area contributed by atoms with Crippen molar-refractivity contribution in [2.45, 2.75) is 32.7 Å². The fraction of sp³-hybridized carbons (Fsp3) is 0.600. The molecule has 1 N–H and O–H groups in total. The summed E-state index contributed by atoms with van der Waals surface area (Å²) in [5.74, 6) is 0.760. The Morgan fingerprint density at radius 3 is 2.82 bits per heavy atom. The van der Waals surface area contributed by atoms with Crippen LogP contribution in [0.2, 0.25) is 0 Å². The van der Waals surface area contributed by atoms with Crippen LogP contribution in [0.4, 0.5) is 5.69 Å². The zero-order valence-electron chi connectivity index (χ0n) is 11.5. The van der Waals surface area contributed by atoms with Crippen LogP contribution < -0.4 is 10.2 Å². The largest absolute Gasteiger partial charge is 0.366 e. The van der Waals surface area contributed by atoms with Crippen molar-refractivity contribution in [2.75, 3.05) is 25.0 Å². The molecule has 1 aromatic carbocycles. The van der Waals surface area contributed by atoms with Crippen LogP contribution in [0.5, 0.6) is 0 Å². The first-order valence-corrected chi connectivity index (χ1v) is 6.52. The lowest BCUT2D eigenvalue weighted by molar-refractivity contribution is 0.462. The van der Waals surface area contributed by atoms with Crippen molar-refractivity contribution >= 4 is 5.69 Å². The first-order valence-electron chi connectivity index (χ1n) is 6.52. The minimum Gasteiger partial charge on any atom is -0.366 e. The first kappa shape index (κ1) is 12.4. The molecule has 0 bridgehead atoms. The van der Waals surface area contributed by atoms with E-state index in [1.54, 1.807) is 0 Å². The third-order valence-electron chi connectivity index (χ3n) is 3.77. The highest BCUT2D eigenvalue weighted by atomic mass is 15.2. The van der Waals surface area contributed by atoms with Crippen LogP contribution in [0.25, 0.3) is 0 Å². The predicted molar refractivity (Wildman–Crippen MR) is 74.6 cm³/mol. The average molecular weight is 232 g/mol. The smallest absolute Gasteiger partial charge is 0.0373 e. The molecule has 0 saturated carbocycles. The first-order chi connectivity index (χ1) is 8.03. The molecule has 0 amide bonds. The summed E-state index contributed by atoms with van der Waals surface area (Å²) in [4.78, 5) is 2.56. The highest BCUT2D eigenvalue weighted by Crippen LogP contribution is 2.36. The average Bonchev–Trinajstić information content (AvgIpc) is 2.54. The van der Waals surface area contributed by atoms with Gasteiger partial charge in [-0.05, 0) is 64.4 Å². The van der Waals surface area contributed by atoms with Crippen molar-refractivity contribution < 1.29 is 0 Å². The van der Waals surface area contributed by atoms with Gasteiger partial charge in [-0.3, -0.25) is 0 Å². The van der Waals surface area contributed by atoms with Gasteiger partial charge in [0, 0.05) is 17.8 Å². The molecule has 2 heteroatoms. The molecule has 17 heavy (non-hydrogen) atoms. The zero-order chi connectivity index (χ0) is 12.5. The summed E-state index contributed by atoms with van der Waals surface area (Å²) in [6, 6.07) is 8.85. The molecule has 1 heterocycles. The molecule has 1 fully saturated rings. The molecular formula is C15H24N2. The zero-order valence-corrected chi connectivity index (χ0v) is 11.5. The fourth-order valence-electron chi connectivity index (χ4n) is 3.06. The Morgan fingerprint density at radius 1 is 1.41 bits per heavy atom. The number of hydrogen-bond donors (Lipinski definition) is 1. The van der Waals surface area contributed by atoms with E-state index in [1.807, 2.05) is 7.05 Å². The highest BCUT2D eigenvalue weighted by Gasteiger charge is 2.37. The molecule has 2 rings (SSSR count). The van der Waals surface area contributed by atoms with Gasteiger partial charge in [-0.2, -0.15) is 0 Å². The quantitative estimate of drug-likeness (QED) is 0.862. The minimum absolute atomic E-state index is 0.273. The van der Waals surface area contributed by atoms with E-state index < -0.39 is 0 Å². The van der Waals surface area contributed by atoms with Crippen molar-refractivity contribution in [1.29, 1.82) is 0 Å². The lowest BCUT2D eigenvalue weighted by atomic mass is 9.96. The SMILES string of the molecule is CNCC1CN(c2cccc(C)c2)C(C)(C)C1. The third kappa shape index (κ3) is 2.63. The van der Waals surface area contributed by atoms with Crippen LogP contribution in [0.15, 0.2) is 24.3 Å². The monoisotopic (exact) mass is 232 g/mol. The lowest BCUT2D eigenvalue weighted by Gasteiger charge is -2.33. The number of hydrogen-bond acceptors (Lipinski definition) is 2. The predicted octanol–water partition coefficient (Wildman–Crippen LogP) is 2.82. The van der Waals surface area contributed by atoms with Gasteiger partial charge in [0.2, 0.25) is 0 Å². The number of benzene rings is 1. The molecule has 0 aliphatic carbocycles. The second kappa shape index (κ2) is 4.69. The van der Waals surface area contributed by atoms with Gasteiger partial charge < -0.3 is 10.2 Å². The topological polar surface area (TPSA) is 15.3 Å². The van der Waals surface area contributed by atoms with Crippen LogP contribution in [-0.2, 0) is 0 Å². The van der Waals surface area contributed by atoms with Crippen molar-refractivity contribution in [3.05, 3.63) is 29.8 Å². The number of anilines is 1. The Labute approximate surface area is 105 Å². The Morgan fingerprint density at radius 2 is 2.18 bits per heavy atom. The second-order valence-electron chi connectivity index (χ2n) is 5.89. The molecule has 1 aliphatic heterocycles. The Kier molecular flexibility index (Phi) is 3.43. The molecular weight excluding hydrogens is 208 g/mol. The molecule has 1 atom stereocenters. The summed E-state index contributed by atoms with van der Waals surface area (Å²) in [6.07, 6.45) is 1.27. The van der Waals surface area contributed by atoms with Crippen LogP contribution in [0, 0.1) is 12.8 Å². The Bertz CT molecular complexity index is 384. The summed E-state index contributed by atoms with van der Waals surface area (Å²) in [5, 5.41) is 3.30. The standard InChI is InChI=1S/C15H24N2/c1-12-6-5-7-14(8-12)17-11-13(10-16-4)9-15(17,2)3/h5-8,13,16H,9-11H2,1-4H3.